The fourth-order valence-electron chi connectivity index (χ4n) is 3.03. The number of ether oxygens (including phenoxy) is 2. The topological polar surface area (TPSA) is 76.1 Å². The lowest BCUT2D eigenvalue weighted by Gasteiger charge is -2.27. The lowest BCUT2D eigenvalue weighted by Crippen LogP contribution is -2.32. The Kier molecular flexibility index (Phi) is 5.18. The summed E-state index contributed by atoms with van der Waals surface area (Å²) in [6, 6.07) is 5.86. The molecule has 0 radical (unpaired) electrons. The van der Waals surface area contributed by atoms with Crippen LogP contribution in [0, 0.1) is 0 Å². The van der Waals surface area contributed by atoms with Gasteiger partial charge in [0.05, 0.1) is 17.0 Å². The number of rotatable bonds is 5. The lowest BCUT2D eigenvalue weighted by atomic mass is 10.0. The average molecular weight is 351 g/mol. The molecule has 1 aromatic carbocycles. The molecule has 2 aliphatic heterocycles. The van der Waals surface area contributed by atoms with Crippen molar-refractivity contribution in [1.29, 1.82) is 0 Å². The first kappa shape index (κ1) is 17.0. The van der Waals surface area contributed by atoms with E-state index < -0.39 is 11.2 Å². The van der Waals surface area contributed by atoms with Crippen LogP contribution in [0.15, 0.2) is 18.2 Å². The zero-order valence-corrected chi connectivity index (χ0v) is 14.4. The molecule has 0 bridgehead atoms. The first-order valence-corrected chi connectivity index (χ1v) is 9.14. The number of aliphatic carboxylic acids is 1. The summed E-state index contributed by atoms with van der Waals surface area (Å²) in [4.78, 5) is 25.2. The number of carbonyl (C=O) groups is 2. The third kappa shape index (κ3) is 3.61. The van der Waals surface area contributed by atoms with Crippen molar-refractivity contribution in [3.05, 3.63) is 23.8 Å². The van der Waals surface area contributed by atoms with Crippen molar-refractivity contribution in [2.45, 2.75) is 31.1 Å². The van der Waals surface area contributed by atoms with Gasteiger partial charge in [0.1, 0.15) is 13.2 Å². The summed E-state index contributed by atoms with van der Waals surface area (Å²) < 4.78 is 11.2. The summed E-state index contributed by atoms with van der Waals surface area (Å²) in [5, 5.41) is 8.35. The first-order chi connectivity index (χ1) is 11.6. The highest BCUT2D eigenvalue weighted by Crippen LogP contribution is 2.38. The van der Waals surface area contributed by atoms with Gasteiger partial charge in [-0.05, 0) is 37.5 Å². The highest BCUT2D eigenvalue weighted by atomic mass is 32.2. The second kappa shape index (κ2) is 7.34. The van der Waals surface area contributed by atoms with Crippen LogP contribution in [0.5, 0.6) is 11.5 Å². The zero-order chi connectivity index (χ0) is 17.1. The predicted molar refractivity (Wildman–Crippen MR) is 90.7 cm³/mol. The Labute approximate surface area is 145 Å². The van der Waals surface area contributed by atoms with Gasteiger partial charge in [-0.2, -0.15) is 0 Å². The van der Waals surface area contributed by atoms with E-state index in [4.69, 9.17) is 14.6 Å². The van der Waals surface area contributed by atoms with E-state index in [2.05, 4.69) is 0 Å². The van der Waals surface area contributed by atoms with Gasteiger partial charge < -0.3 is 19.5 Å². The van der Waals surface area contributed by atoms with Crippen molar-refractivity contribution in [1.82, 2.24) is 4.90 Å². The van der Waals surface area contributed by atoms with Crippen LogP contribution in [0.4, 0.5) is 0 Å². The fraction of sp³-hybridized carbons (Fsp3) is 0.529. The van der Waals surface area contributed by atoms with E-state index in [0.29, 0.717) is 19.8 Å². The van der Waals surface area contributed by atoms with E-state index in [9.17, 15) is 9.59 Å². The standard InChI is InChI=1S/C17H21NO5S/c1-11(17(20)21)24-10-16(19)18-6-2-3-13(18)12-4-5-14-15(9-12)23-8-7-22-14/h4-5,9,11,13H,2-3,6-8,10H2,1H3,(H,20,21)/t11-,13-/m1/s1. The summed E-state index contributed by atoms with van der Waals surface area (Å²) in [6.07, 6.45) is 1.86. The Bertz CT molecular complexity index is 635. The minimum Gasteiger partial charge on any atom is -0.486 e. The fourth-order valence-corrected chi connectivity index (χ4v) is 3.73. The van der Waals surface area contributed by atoms with Gasteiger partial charge in [-0.25, -0.2) is 0 Å². The van der Waals surface area contributed by atoms with Crippen molar-refractivity contribution >= 4 is 23.6 Å². The Morgan fingerprint density at radius 1 is 1.33 bits per heavy atom. The molecule has 1 N–H and O–H groups in total. The number of benzene rings is 1. The first-order valence-electron chi connectivity index (χ1n) is 8.09. The molecule has 6 nitrogen and oxygen atoms in total. The maximum Gasteiger partial charge on any atom is 0.316 e. The molecule has 130 valence electrons. The normalized spacial score (nSPS) is 20.7. The van der Waals surface area contributed by atoms with Crippen LogP contribution in [0.2, 0.25) is 0 Å². The molecule has 1 aromatic rings. The number of nitrogens with zero attached hydrogens (tertiary/aromatic N) is 1. The molecular formula is C17H21NO5S. The maximum atomic E-state index is 12.5. The number of carboxylic acids is 1. The van der Waals surface area contributed by atoms with E-state index in [-0.39, 0.29) is 17.7 Å². The second-order valence-corrected chi connectivity index (χ2v) is 7.27. The SMILES string of the molecule is C[C@@H](SCC(=O)N1CCC[C@@H]1c1ccc2c(c1)OCCO2)C(=O)O. The highest BCUT2D eigenvalue weighted by Gasteiger charge is 2.31. The number of amides is 1. The molecule has 2 aliphatic rings. The van der Waals surface area contributed by atoms with Gasteiger partial charge in [-0.15, -0.1) is 11.8 Å². The molecular weight excluding hydrogens is 330 g/mol. The quantitative estimate of drug-likeness (QED) is 0.877. The number of hydrogen-bond acceptors (Lipinski definition) is 5. The molecule has 0 spiro atoms. The van der Waals surface area contributed by atoms with E-state index in [0.717, 1.165) is 41.7 Å². The molecule has 7 heteroatoms. The summed E-state index contributed by atoms with van der Waals surface area (Å²) in [6.45, 7) is 3.40. The smallest absolute Gasteiger partial charge is 0.316 e. The van der Waals surface area contributed by atoms with Crippen molar-refractivity contribution in [2.75, 3.05) is 25.5 Å². The molecule has 2 heterocycles. The van der Waals surface area contributed by atoms with E-state index in [1.807, 2.05) is 23.1 Å². The third-order valence-corrected chi connectivity index (χ3v) is 5.44. The van der Waals surface area contributed by atoms with Crippen molar-refractivity contribution in [3.8, 4) is 11.5 Å². The molecule has 3 rings (SSSR count). The molecule has 0 saturated carbocycles. The van der Waals surface area contributed by atoms with Crippen molar-refractivity contribution in [2.24, 2.45) is 0 Å². The molecule has 0 aliphatic carbocycles. The van der Waals surface area contributed by atoms with Gasteiger partial charge in [0.25, 0.3) is 0 Å². The maximum absolute atomic E-state index is 12.5. The molecule has 2 atom stereocenters. The van der Waals surface area contributed by atoms with Gasteiger partial charge in [-0.3, -0.25) is 9.59 Å². The number of hydrogen-bond donors (Lipinski definition) is 1. The minimum absolute atomic E-state index is 0.00881. The van der Waals surface area contributed by atoms with Gasteiger partial charge in [-0.1, -0.05) is 6.07 Å². The van der Waals surface area contributed by atoms with Crippen molar-refractivity contribution in [3.63, 3.8) is 0 Å². The summed E-state index contributed by atoms with van der Waals surface area (Å²) in [5.41, 5.74) is 1.04. The van der Waals surface area contributed by atoms with Gasteiger partial charge in [0, 0.05) is 6.54 Å². The van der Waals surface area contributed by atoms with E-state index in [1.54, 1.807) is 6.92 Å². The Morgan fingerprint density at radius 2 is 2.08 bits per heavy atom. The predicted octanol–water partition coefficient (Wildman–Crippen LogP) is 2.33. The van der Waals surface area contributed by atoms with Crippen LogP contribution in [0.3, 0.4) is 0 Å². The zero-order valence-electron chi connectivity index (χ0n) is 13.6. The summed E-state index contributed by atoms with van der Waals surface area (Å²) >= 11 is 1.16. The van der Waals surface area contributed by atoms with Crippen LogP contribution >= 0.6 is 11.8 Å². The second-order valence-electron chi connectivity index (χ2n) is 5.94. The Morgan fingerprint density at radius 3 is 2.83 bits per heavy atom. The largest absolute Gasteiger partial charge is 0.486 e. The number of likely N-dealkylation sites (tertiary alicyclic amines) is 1. The van der Waals surface area contributed by atoms with Crippen LogP contribution in [-0.4, -0.2) is 52.6 Å². The third-order valence-electron chi connectivity index (χ3n) is 4.33. The van der Waals surface area contributed by atoms with Gasteiger partial charge in [0.2, 0.25) is 5.91 Å². The number of thioether (sulfide) groups is 1. The Balaban J connectivity index is 1.69. The summed E-state index contributed by atoms with van der Waals surface area (Å²) in [5.74, 6) is 0.760. The lowest BCUT2D eigenvalue weighted by molar-refractivity contribution is -0.136. The van der Waals surface area contributed by atoms with E-state index in [1.165, 1.54) is 0 Å². The van der Waals surface area contributed by atoms with Gasteiger partial charge >= 0.3 is 5.97 Å². The number of carbonyl (C=O) groups excluding carboxylic acids is 1. The van der Waals surface area contributed by atoms with E-state index >= 15 is 0 Å². The van der Waals surface area contributed by atoms with Crippen LogP contribution in [-0.2, 0) is 9.59 Å². The molecule has 1 fully saturated rings. The molecule has 0 aromatic heterocycles. The Hall–Kier alpha value is -1.89. The minimum atomic E-state index is -0.891. The molecule has 1 amide bonds. The molecule has 24 heavy (non-hydrogen) atoms. The van der Waals surface area contributed by atoms with Gasteiger partial charge in [0.15, 0.2) is 11.5 Å². The van der Waals surface area contributed by atoms with Crippen LogP contribution < -0.4 is 9.47 Å². The molecule has 1 saturated heterocycles. The number of carboxylic acid groups (broad SMARTS) is 1. The van der Waals surface area contributed by atoms with Crippen LogP contribution in [0.1, 0.15) is 31.4 Å². The number of fused-ring (bicyclic) bond motifs is 1. The van der Waals surface area contributed by atoms with Crippen LogP contribution in [0.25, 0.3) is 0 Å². The summed E-state index contributed by atoms with van der Waals surface area (Å²) in [7, 11) is 0. The van der Waals surface area contributed by atoms with Crippen molar-refractivity contribution < 1.29 is 24.2 Å². The monoisotopic (exact) mass is 351 g/mol. The highest BCUT2D eigenvalue weighted by molar-refractivity contribution is 8.01. The molecule has 0 unspecified atom stereocenters. The average Bonchev–Trinajstić information content (AvgIpc) is 3.08.